The zero-order chi connectivity index (χ0) is 18.7. The maximum absolute atomic E-state index is 12.2. The van der Waals surface area contributed by atoms with Crippen LogP contribution in [0.4, 0.5) is 16.2 Å². The molecule has 1 aromatic carbocycles. The summed E-state index contributed by atoms with van der Waals surface area (Å²) in [5, 5.41) is 6.56. The molecule has 0 spiro atoms. The number of hydrogen-bond acceptors (Lipinski definition) is 4. The number of aromatic nitrogens is 2. The summed E-state index contributed by atoms with van der Waals surface area (Å²) in [4.78, 5) is 30.3. The Morgan fingerprint density at radius 1 is 1.42 bits per heavy atom. The first kappa shape index (κ1) is 18.3. The molecule has 1 saturated heterocycles. The van der Waals surface area contributed by atoms with Gasteiger partial charge in [0.25, 0.3) is 0 Å². The largest absolute Gasteiger partial charge is 0.332 e. The van der Waals surface area contributed by atoms with E-state index in [-0.39, 0.29) is 18.0 Å². The van der Waals surface area contributed by atoms with Crippen molar-refractivity contribution >= 4 is 35.1 Å². The lowest BCUT2D eigenvalue weighted by Gasteiger charge is -2.22. The summed E-state index contributed by atoms with van der Waals surface area (Å²) in [5.74, 6) is 0.125. The smallest absolute Gasteiger partial charge is 0.319 e. The van der Waals surface area contributed by atoms with Crippen molar-refractivity contribution in [1.29, 1.82) is 0 Å². The van der Waals surface area contributed by atoms with Crippen LogP contribution < -0.4 is 15.5 Å². The lowest BCUT2D eigenvalue weighted by Crippen LogP contribution is -2.31. The highest BCUT2D eigenvalue weighted by molar-refractivity contribution is 7.98. The van der Waals surface area contributed by atoms with E-state index in [9.17, 15) is 9.59 Å². The average molecular weight is 373 g/mol. The number of nitrogens with one attached hydrogen (secondary N) is 2. The van der Waals surface area contributed by atoms with E-state index >= 15 is 0 Å². The number of amides is 3. The highest BCUT2D eigenvalue weighted by Crippen LogP contribution is 2.28. The molecule has 3 amide bonds. The molecule has 2 N–H and O–H groups in total. The summed E-state index contributed by atoms with van der Waals surface area (Å²) in [6, 6.07) is 7.26. The third-order valence-corrected chi connectivity index (χ3v) is 5.27. The molecular formula is C18H23N5O2S. The highest BCUT2D eigenvalue weighted by atomic mass is 32.2. The molecule has 138 valence electrons. The Kier molecular flexibility index (Phi) is 5.51. The van der Waals surface area contributed by atoms with Crippen molar-refractivity contribution in [2.45, 2.75) is 37.5 Å². The van der Waals surface area contributed by atoms with E-state index in [2.05, 4.69) is 15.6 Å². The second kappa shape index (κ2) is 7.82. The van der Waals surface area contributed by atoms with Gasteiger partial charge in [0.1, 0.15) is 0 Å². The Morgan fingerprint density at radius 2 is 2.23 bits per heavy atom. The number of imidazole rings is 1. The Hall–Kier alpha value is -2.48. The number of thioether (sulfide) groups is 1. The first-order valence-electron chi connectivity index (χ1n) is 8.51. The summed E-state index contributed by atoms with van der Waals surface area (Å²) in [6.45, 7) is 2.42. The van der Waals surface area contributed by atoms with Crippen LogP contribution in [0.15, 0.2) is 35.6 Å². The van der Waals surface area contributed by atoms with Crippen LogP contribution in [0.25, 0.3) is 0 Å². The number of rotatable bonds is 5. The second-order valence-electron chi connectivity index (χ2n) is 6.30. The zero-order valence-corrected chi connectivity index (χ0v) is 16.0. The maximum atomic E-state index is 12.2. The molecule has 26 heavy (non-hydrogen) atoms. The lowest BCUT2D eigenvalue weighted by atomic mass is 10.2. The molecule has 1 aliphatic rings. The first-order valence-corrected chi connectivity index (χ1v) is 9.73. The van der Waals surface area contributed by atoms with Crippen LogP contribution in [0.3, 0.4) is 0 Å². The van der Waals surface area contributed by atoms with Gasteiger partial charge in [-0.25, -0.2) is 9.78 Å². The van der Waals surface area contributed by atoms with Gasteiger partial charge in [0, 0.05) is 30.9 Å². The molecule has 3 rings (SSSR count). The van der Waals surface area contributed by atoms with Crippen LogP contribution in [0.5, 0.6) is 0 Å². The van der Waals surface area contributed by atoms with Crippen molar-refractivity contribution in [3.63, 3.8) is 0 Å². The Morgan fingerprint density at radius 3 is 2.88 bits per heavy atom. The third kappa shape index (κ3) is 3.85. The number of carbonyl (C=O) groups excluding carboxylic acids is 2. The molecule has 1 aliphatic heterocycles. The van der Waals surface area contributed by atoms with Crippen LogP contribution in [0.2, 0.25) is 0 Å². The van der Waals surface area contributed by atoms with Gasteiger partial charge in [-0.3, -0.25) is 4.79 Å². The molecule has 7 nitrogen and oxygen atoms in total. The van der Waals surface area contributed by atoms with Crippen molar-refractivity contribution in [2.75, 3.05) is 16.5 Å². The van der Waals surface area contributed by atoms with Crippen molar-refractivity contribution in [1.82, 2.24) is 14.9 Å². The fraction of sp³-hybridized carbons (Fsp3) is 0.389. The van der Waals surface area contributed by atoms with Crippen LogP contribution in [0, 0.1) is 0 Å². The molecule has 0 bridgehead atoms. The summed E-state index contributed by atoms with van der Waals surface area (Å²) < 4.78 is 1.95. The normalized spacial score (nSPS) is 16.8. The van der Waals surface area contributed by atoms with Crippen LogP contribution in [-0.2, 0) is 18.4 Å². The van der Waals surface area contributed by atoms with E-state index in [0.29, 0.717) is 18.7 Å². The van der Waals surface area contributed by atoms with E-state index in [1.54, 1.807) is 22.9 Å². The number of hydrogen-bond donors (Lipinski definition) is 2. The van der Waals surface area contributed by atoms with Crippen molar-refractivity contribution in [2.24, 2.45) is 7.05 Å². The van der Waals surface area contributed by atoms with Gasteiger partial charge >= 0.3 is 6.03 Å². The number of nitrogens with zero attached hydrogens (tertiary/aromatic N) is 3. The van der Waals surface area contributed by atoms with Gasteiger partial charge in [-0.15, -0.1) is 0 Å². The molecule has 1 fully saturated rings. The SMILES string of the molecule is CSc1ncc(CNC(=O)Nc2cccc(N3C(=O)CCC3C)c2)n1C. The van der Waals surface area contributed by atoms with Crippen molar-refractivity contribution in [3.8, 4) is 0 Å². The van der Waals surface area contributed by atoms with Crippen molar-refractivity contribution < 1.29 is 9.59 Å². The van der Waals surface area contributed by atoms with Crippen molar-refractivity contribution in [3.05, 3.63) is 36.2 Å². The molecule has 2 heterocycles. The number of benzene rings is 1. The summed E-state index contributed by atoms with van der Waals surface area (Å²) in [7, 11) is 1.92. The topological polar surface area (TPSA) is 79.3 Å². The highest BCUT2D eigenvalue weighted by Gasteiger charge is 2.28. The molecule has 2 aromatic rings. The molecule has 1 unspecified atom stereocenters. The molecule has 1 atom stereocenters. The van der Waals surface area contributed by atoms with Gasteiger partial charge in [0.15, 0.2) is 5.16 Å². The molecule has 0 radical (unpaired) electrons. The molecule has 1 aromatic heterocycles. The fourth-order valence-corrected chi connectivity index (χ4v) is 3.63. The predicted octanol–water partition coefficient (Wildman–Crippen LogP) is 2.98. The number of urea groups is 1. The quantitative estimate of drug-likeness (QED) is 0.790. The first-order chi connectivity index (χ1) is 12.5. The standard InChI is InChI=1S/C18H23N5O2S/c1-12-7-8-16(24)23(12)14-6-4-5-13(9-14)21-17(25)19-10-15-11-20-18(26-3)22(15)2/h4-6,9,11-12H,7-8,10H2,1-3H3,(H2,19,21,25). The molecule has 0 saturated carbocycles. The Labute approximate surface area is 157 Å². The molecule has 8 heteroatoms. The minimum atomic E-state index is -0.296. The second-order valence-corrected chi connectivity index (χ2v) is 7.08. The zero-order valence-electron chi connectivity index (χ0n) is 15.2. The van der Waals surface area contributed by atoms with Crippen LogP contribution >= 0.6 is 11.8 Å². The van der Waals surface area contributed by atoms with Crippen LogP contribution in [-0.4, -0.2) is 33.8 Å². The molecular weight excluding hydrogens is 350 g/mol. The van der Waals surface area contributed by atoms with E-state index in [1.165, 1.54) is 0 Å². The van der Waals surface area contributed by atoms with E-state index in [0.717, 1.165) is 23.0 Å². The van der Waals surface area contributed by atoms with Gasteiger partial charge in [-0.05, 0) is 37.8 Å². The minimum Gasteiger partial charge on any atom is -0.332 e. The Bertz CT molecular complexity index is 820. The summed E-state index contributed by atoms with van der Waals surface area (Å²) >= 11 is 1.56. The number of anilines is 2. The van der Waals surface area contributed by atoms with Gasteiger partial charge in [-0.2, -0.15) is 0 Å². The lowest BCUT2D eigenvalue weighted by molar-refractivity contribution is -0.117. The predicted molar refractivity (Wildman–Crippen MR) is 103 cm³/mol. The summed E-state index contributed by atoms with van der Waals surface area (Å²) in [6.07, 6.45) is 5.15. The van der Waals surface area contributed by atoms with Gasteiger partial charge in [-0.1, -0.05) is 17.8 Å². The monoisotopic (exact) mass is 373 g/mol. The maximum Gasteiger partial charge on any atom is 0.319 e. The van der Waals surface area contributed by atoms with Gasteiger partial charge in [0.05, 0.1) is 18.4 Å². The Balaban J connectivity index is 1.61. The fourth-order valence-electron chi connectivity index (χ4n) is 3.09. The van der Waals surface area contributed by atoms with Crippen LogP contribution in [0.1, 0.15) is 25.5 Å². The third-order valence-electron chi connectivity index (χ3n) is 4.52. The van der Waals surface area contributed by atoms with E-state index < -0.39 is 0 Å². The molecule has 0 aliphatic carbocycles. The van der Waals surface area contributed by atoms with Gasteiger partial charge < -0.3 is 20.1 Å². The average Bonchev–Trinajstić information content (AvgIpc) is 3.15. The minimum absolute atomic E-state index is 0.125. The van der Waals surface area contributed by atoms with E-state index in [1.807, 2.05) is 49.1 Å². The summed E-state index contributed by atoms with van der Waals surface area (Å²) in [5.41, 5.74) is 2.39. The van der Waals surface area contributed by atoms with E-state index in [4.69, 9.17) is 0 Å². The van der Waals surface area contributed by atoms with Gasteiger partial charge in [0.2, 0.25) is 5.91 Å². The number of carbonyl (C=O) groups is 2.